The van der Waals surface area contributed by atoms with Crippen molar-refractivity contribution in [3.63, 3.8) is 0 Å². The van der Waals surface area contributed by atoms with Gasteiger partial charge in [-0.1, -0.05) is 0 Å². The first-order chi connectivity index (χ1) is 3.71. The molecule has 0 heterocycles. The zero-order valence-electron chi connectivity index (χ0n) is 5.04. The van der Waals surface area contributed by atoms with Crippen LogP contribution in [0.5, 0.6) is 0 Å². The van der Waals surface area contributed by atoms with Gasteiger partial charge in [-0.2, -0.15) is 4.86 Å². The van der Waals surface area contributed by atoms with Crippen molar-refractivity contribution in [1.29, 1.82) is 0 Å². The lowest BCUT2D eigenvalue weighted by Crippen LogP contribution is -2.00. The number of hydrogen-bond donors (Lipinski definition) is 2. The fraction of sp³-hybridized carbons (Fsp3) is 1.00. The summed E-state index contributed by atoms with van der Waals surface area (Å²) in [6.07, 6.45) is 0. The van der Waals surface area contributed by atoms with Crippen molar-refractivity contribution in [2.45, 2.75) is 0 Å². The van der Waals surface area contributed by atoms with Crippen LogP contribution in [-0.4, -0.2) is 18.2 Å². The number of halogens is 1. The lowest BCUT2D eigenvalue weighted by atomic mass is 11.9. The molecular weight excluding hydrogens is 167 g/mol. The van der Waals surface area contributed by atoms with Crippen LogP contribution in [0.15, 0.2) is 0 Å². The quantitative estimate of drug-likeness (QED) is 0.618. The molecule has 0 aliphatic rings. The molecule has 0 aromatic carbocycles. The van der Waals surface area contributed by atoms with Gasteiger partial charge < -0.3 is 9.46 Å². The van der Waals surface area contributed by atoms with Gasteiger partial charge in [0.1, 0.15) is 0 Å². The predicted molar refractivity (Wildman–Crippen MR) is 33.5 cm³/mol. The van der Waals surface area contributed by atoms with Crippen molar-refractivity contribution in [2.75, 3.05) is 13.3 Å². The largest absolute Gasteiger partial charge is 0.445 e. The van der Waals surface area contributed by atoms with Crippen LogP contribution < -0.4 is 4.86 Å². The molecule has 7 heteroatoms. The molecule has 0 aliphatic heterocycles. The average molecular weight is 175 g/mol. The predicted octanol–water partition coefficient (Wildman–Crippen LogP) is 1.18. The third kappa shape index (κ3) is 8.31. The van der Waals surface area contributed by atoms with Crippen LogP contribution in [-0.2, 0) is 9.13 Å². The monoisotopic (exact) mass is 175 g/mol. The maximum absolute atomic E-state index is 11.7. The van der Waals surface area contributed by atoms with Crippen LogP contribution in [0.25, 0.3) is 0 Å². The smallest absolute Gasteiger partial charge is 0.309 e. The third-order valence-electron chi connectivity index (χ3n) is 0.364. The molecule has 4 nitrogen and oxygen atoms in total. The zero-order chi connectivity index (χ0) is 7.71. The van der Waals surface area contributed by atoms with E-state index < -0.39 is 15.1 Å². The fourth-order valence-electron chi connectivity index (χ4n) is 0.297. The Morgan fingerprint density at radius 1 is 1.44 bits per heavy atom. The fourth-order valence-corrected chi connectivity index (χ4v) is 2.67. The van der Waals surface area contributed by atoms with E-state index in [1.54, 1.807) is 0 Å². The van der Waals surface area contributed by atoms with Crippen LogP contribution >= 0.6 is 15.1 Å². The number of hydrogen-bond acceptors (Lipinski definition) is 2. The molecule has 1 unspecified atom stereocenters. The molecule has 0 radical (unpaired) electrons. The summed E-state index contributed by atoms with van der Waals surface area (Å²) in [6, 6.07) is 0. The van der Waals surface area contributed by atoms with E-state index in [0.717, 1.165) is 13.3 Å². The van der Waals surface area contributed by atoms with E-state index >= 15 is 0 Å². The molecular formula is C2H8FNO3P2. The maximum Gasteiger partial charge on any atom is 0.445 e. The molecule has 0 aliphatic carbocycles. The molecule has 1 atom stereocenters. The molecule has 56 valence electrons. The Kier molecular flexibility index (Phi) is 2.59. The lowest BCUT2D eigenvalue weighted by molar-refractivity contribution is 0.424. The highest BCUT2D eigenvalue weighted by molar-refractivity contribution is 7.71. The topological polar surface area (TPSA) is 66.4 Å². The molecule has 0 spiro atoms. The first kappa shape index (κ1) is 9.31. The van der Waals surface area contributed by atoms with E-state index in [9.17, 15) is 13.3 Å². The van der Waals surface area contributed by atoms with Crippen molar-refractivity contribution in [1.82, 2.24) is 4.86 Å². The maximum atomic E-state index is 11.7. The van der Waals surface area contributed by atoms with Gasteiger partial charge in [-0.25, -0.2) is 4.57 Å². The summed E-state index contributed by atoms with van der Waals surface area (Å²) in [7, 11) is -7.73. The van der Waals surface area contributed by atoms with E-state index in [2.05, 4.69) is 0 Å². The highest BCUT2D eigenvalue weighted by Crippen LogP contribution is 2.48. The van der Waals surface area contributed by atoms with E-state index in [-0.39, 0.29) is 0 Å². The van der Waals surface area contributed by atoms with Gasteiger partial charge in [0.2, 0.25) is 0 Å². The van der Waals surface area contributed by atoms with Crippen molar-refractivity contribution < 1.29 is 18.2 Å². The Morgan fingerprint density at radius 2 is 1.78 bits per heavy atom. The van der Waals surface area contributed by atoms with E-state index in [0.29, 0.717) is 0 Å². The summed E-state index contributed by atoms with van der Waals surface area (Å²) < 4.78 is 32.1. The Balaban J connectivity index is 4.07. The van der Waals surface area contributed by atoms with Crippen LogP contribution in [0.1, 0.15) is 0 Å². The molecule has 2 N–H and O–H groups in total. The molecule has 0 aromatic rings. The van der Waals surface area contributed by atoms with Gasteiger partial charge in [-0.05, 0) is 0 Å². The minimum Gasteiger partial charge on any atom is -0.309 e. The molecule has 0 amide bonds. The lowest BCUT2D eigenvalue weighted by Gasteiger charge is -2.07. The average Bonchev–Trinajstić information content (AvgIpc) is 1.14. The van der Waals surface area contributed by atoms with E-state index in [1.165, 1.54) is 4.86 Å². The standard InChI is InChI=1S/C2H8FNO3P2/c1-8(2,5)4-9(3,6)7/h1-2H3,(H2,4,5,6,7). The summed E-state index contributed by atoms with van der Waals surface area (Å²) in [5.41, 5.74) is 0. The van der Waals surface area contributed by atoms with E-state index in [1.807, 2.05) is 0 Å². The minimum absolute atomic E-state index is 1.16. The highest BCUT2D eigenvalue weighted by atomic mass is 31.3. The molecule has 0 rings (SSSR count). The highest BCUT2D eigenvalue weighted by Gasteiger charge is 2.22. The first-order valence-electron chi connectivity index (χ1n) is 2.08. The second kappa shape index (κ2) is 2.51. The van der Waals surface area contributed by atoms with Crippen LogP contribution in [0.3, 0.4) is 0 Å². The van der Waals surface area contributed by atoms with Crippen molar-refractivity contribution in [2.24, 2.45) is 0 Å². The molecule has 9 heavy (non-hydrogen) atoms. The van der Waals surface area contributed by atoms with Gasteiger partial charge in [-0.3, -0.25) is 0 Å². The Labute approximate surface area is 52.5 Å². The van der Waals surface area contributed by atoms with Crippen molar-refractivity contribution in [3.8, 4) is 0 Å². The van der Waals surface area contributed by atoms with Gasteiger partial charge in [0.05, 0.1) is 0 Å². The second-order valence-electron chi connectivity index (χ2n) is 1.95. The summed E-state index contributed by atoms with van der Waals surface area (Å²) in [5, 5.41) is 0. The van der Waals surface area contributed by atoms with Gasteiger partial charge in [-0.15, -0.1) is 4.20 Å². The second-order valence-corrected chi connectivity index (χ2v) is 6.46. The number of nitrogens with one attached hydrogen (secondary N) is 1. The Bertz CT molecular complexity index is 160. The normalized spacial score (nSPS) is 19.1. The Morgan fingerprint density at radius 3 is 1.78 bits per heavy atom. The molecule has 0 saturated heterocycles. The van der Waals surface area contributed by atoms with Crippen molar-refractivity contribution in [3.05, 3.63) is 0 Å². The third-order valence-corrected chi connectivity index (χ3v) is 3.28. The van der Waals surface area contributed by atoms with Crippen molar-refractivity contribution >= 4 is 15.1 Å². The van der Waals surface area contributed by atoms with Crippen LogP contribution in [0.2, 0.25) is 0 Å². The molecule has 0 saturated carbocycles. The molecule has 0 aromatic heterocycles. The van der Waals surface area contributed by atoms with Crippen LogP contribution in [0, 0.1) is 0 Å². The minimum atomic E-state index is -4.80. The summed E-state index contributed by atoms with van der Waals surface area (Å²) in [5.74, 6) is 0. The van der Waals surface area contributed by atoms with Gasteiger partial charge in [0.25, 0.3) is 0 Å². The summed E-state index contributed by atoms with van der Waals surface area (Å²) >= 11 is 0. The zero-order valence-corrected chi connectivity index (χ0v) is 6.82. The van der Waals surface area contributed by atoms with Crippen LogP contribution in [0.4, 0.5) is 4.20 Å². The van der Waals surface area contributed by atoms with Gasteiger partial charge >= 0.3 is 7.83 Å². The molecule has 0 fully saturated rings. The van der Waals surface area contributed by atoms with E-state index in [4.69, 9.17) is 4.89 Å². The summed E-state index contributed by atoms with van der Waals surface area (Å²) in [6.45, 7) is 2.32. The Hall–Kier alpha value is 0.310. The first-order valence-corrected chi connectivity index (χ1v) is 6.23. The number of rotatable bonds is 2. The van der Waals surface area contributed by atoms with Gasteiger partial charge in [0, 0.05) is 13.3 Å². The SMILES string of the molecule is CP(C)(=O)NP(=O)(O)F. The molecule has 0 bridgehead atoms. The van der Waals surface area contributed by atoms with Gasteiger partial charge in [0.15, 0.2) is 7.29 Å². The summed E-state index contributed by atoms with van der Waals surface area (Å²) in [4.78, 5) is 9.42.